The summed E-state index contributed by atoms with van der Waals surface area (Å²) < 4.78 is 0. The number of aliphatic hydroxyl groups excluding tert-OH is 1. The van der Waals surface area contributed by atoms with Crippen LogP contribution in [0.5, 0.6) is 0 Å². The Morgan fingerprint density at radius 1 is 1.77 bits per heavy atom. The monoisotopic (exact) mass is 197 g/mol. The van der Waals surface area contributed by atoms with Crippen molar-refractivity contribution in [2.24, 2.45) is 0 Å². The maximum Gasteiger partial charge on any atom is 0.219 e. The number of aliphatic hydroxyl groups is 1. The number of rotatable bonds is 0. The topological polar surface area (TPSA) is 40.5 Å². The van der Waals surface area contributed by atoms with E-state index in [2.05, 4.69) is 0 Å². The molecule has 1 amide bonds. The fourth-order valence-corrected chi connectivity index (χ4v) is 2.51. The second-order valence-electron chi connectivity index (χ2n) is 3.21. The quantitative estimate of drug-likeness (QED) is 0.677. The first kappa shape index (κ1) is 8.72. The van der Waals surface area contributed by atoms with Gasteiger partial charge in [0.25, 0.3) is 0 Å². The Hall–Kier alpha value is -0.870. The minimum absolute atomic E-state index is 0.0260. The Morgan fingerprint density at radius 3 is 3.23 bits per heavy atom. The third kappa shape index (κ3) is 1.47. The summed E-state index contributed by atoms with van der Waals surface area (Å²) in [6.07, 6.45) is -0.501. The van der Waals surface area contributed by atoms with E-state index in [1.165, 1.54) is 6.92 Å². The Balaban J connectivity index is 2.28. The second kappa shape index (κ2) is 3.12. The van der Waals surface area contributed by atoms with Crippen molar-refractivity contribution in [2.45, 2.75) is 19.6 Å². The fourth-order valence-electron chi connectivity index (χ4n) is 1.56. The van der Waals surface area contributed by atoms with E-state index in [4.69, 9.17) is 0 Å². The number of hydrogen-bond donors (Lipinski definition) is 1. The number of fused-ring (bicyclic) bond motifs is 1. The highest BCUT2D eigenvalue weighted by molar-refractivity contribution is 7.10. The first-order valence-electron chi connectivity index (χ1n) is 4.18. The zero-order valence-corrected chi connectivity index (χ0v) is 8.17. The van der Waals surface area contributed by atoms with Gasteiger partial charge in [-0.15, -0.1) is 11.3 Å². The van der Waals surface area contributed by atoms with Crippen LogP contribution in [-0.4, -0.2) is 22.5 Å². The van der Waals surface area contributed by atoms with Crippen LogP contribution in [0.3, 0.4) is 0 Å². The molecule has 0 saturated carbocycles. The molecule has 0 saturated heterocycles. The molecular weight excluding hydrogens is 186 g/mol. The van der Waals surface area contributed by atoms with Crippen LogP contribution in [0.4, 0.5) is 0 Å². The number of hydrogen-bond acceptors (Lipinski definition) is 3. The van der Waals surface area contributed by atoms with Gasteiger partial charge in [0.1, 0.15) is 0 Å². The van der Waals surface area contributed by atoms with Crippen LogP contribution in [-0.2, 0) is 11.3 Å². The lowest BCUT2D eigenvalue weighted by Gasteiger charge is -2.29. The normalized spacial score (nSPS) is 21.4. The van der Waals surface area contributed by atoms with Crippen molar-refractivity contribution in [3.63, 3.8) is 0 Å². The maximum absolute atomic E-state index is 11.1. The molecule has 70 valence electrons. The molecule has 1 unspecified atom stereocenters. The van der Waals surface area contributed by atoms with Crippen LogP contribution in [0.2, 0.25) is 0 Å². The number of carbonyl (C=O) groups is 1. The number of carbonyl (C=O) groups excluding carboxylic acids is 1. The molecule has 0 radical (unpaired) electrons. The molecule has 0 fully saturated rings. The lowest BCUT2D eigenvalue weighted by atomic mass is 10.1. The van der Waals surface area contributed by atoms with E-state index in [1.807, 2.05) is 11.4 Å². The van der Waals surface area contributed by atoms with Gasteiger partial charge < -0.3 is 10.0 Å². The smallest absolute Gasteiger partial charge is 0.219 e. The Bertz CT molecular complexity index is 334. The number of amides is 1. The minimum Gasteiger partial charge on any atom is -0.387 e. The van der Waals surface area contributed by atoms with E-state index in [0.29, 0.717) is 13.1 Å². The van der Waals surface area contributed by atoms with Gasteiger partial charge in [0.05, 0.1) is 19.2 Å². The molecule has 1 aromatic rings. The van der Waals surface area contributed by atoms with Crippen LogP contribution in [0.15, 0.2) is 11.4 Å². The highest BCUT2D eigenvalue weighted by Crippen LogP contribution is 2.30. The van der Waals surface area contributed by atoms with Crippen LogP contribution < -0.4 is 0 Å². The maximum atomic E-state index is 11.1. The van der Waals surface area contributed by atoms with Crippen molar-refractivity contribution >= 4 is 17.2 Å². The number of β-amino-alcohol motifs (C(OH)–C–C–N with tert-alkyl or cyclic N) is 1. The lowest BCUT2D eigenvalue weighted by Crippen LogP contribution is -2.35. The number of nitrogens with zero attached hydrogens (tertiary/aromatic N) is 1. The predicted octanol–water partition coefficient (Wildman–Crippen LogP) is 1.14. The van der Waals surface area contributed by atoms with E-state index in [9.17, 15) is 9.90 Å². The van der Waals surface area contributed by atoms with E-state index in [0.717, 1.165) is 10.4 Å². The Kier molecular flexibility index (Phi) is 2.09. The third-order valence-electron chi connectivity index (χ3n) is 2.31. The molecule has 2 rings (SSSR count). The van der Waals surface area contributed by atoms with Gasteiger partial charge in [0, 0.05) is 11.8 Å². The van der Waals surface area contributed by atoms with Gasteiger partial charge in [0.15, 0.2) is 0 Å². The molecule has 0 aromatic carbocycles. The second-order valence-corrected chi connectivity index (χ2v) is 4.22. The van der Waals surface area contributed by atoms with Crippen molar-refractivity contribution in [1.82, 2.24) is 4.90 Å². The van der Waals surface area contributed by atoms with E-state index in [1.54, 1.807) is 16.2 Å². The largest absolute Gasteiger partial charge is 0.387 e. The van der Waals surface area contributed by atoms with Gasteiger partial charge in [-0.3, -0.25) is 4.79 Å². The summed E-state index contributed by atoms with van der Waals surface area (Å²) in [4.78, 5) is 13.9. The van der Waals surface area contributed by atoms with E-state index >= 15 is 0 Å². The summed E-state index contributed by atoms with van der Waals surface area (Å²) in [7, 11) is 0. The van der Waals surface area contributed by atoms with Gasteiger partial charge in [-0.1, -0.05) is 0 Å². The highest BCUT2D eigenvalue weighted by Gasteiger charge is 2.25. The van der Waals surface area contributed by atoms with Crippen molar-refractivity contribution in [2.75, 3.05) is 6.54 Å². The van der Waals surface area contributed by atoms with Gasteiger partial charge in [-0.2, -0.15) is 0 Å². The fraction of sp³-hybridized carbons (Fsp3) is 0.444. The molecule has 13 heavy (non-hydrogen) atoms. The third-order valence-corrected chi connectivity index (χ3v) is 3.23. The van der Waals surface area contributed by atoms with Crippen LogP contribution in [0.25, 0.3) is 0 Å². The SMILES string of the molecule is CC(=O)N1Cc2sccc2C(O)C1. The van der Waals surface area contributed by atoms with Gasteiger partial charge in [0.2, 0.25) is 5.91 Å². The van der Waals surface area contributed by atoms with E-state index < -0.39 is 6.10 Å². The Labute approximate surface area is 80.6 Å². The summed E-state index contributed by atoms with van der Waals surface area (Å²) in [6.45, 7) is 2.61. The van der Waals surface area contributed by atoms with Crippen molar-refractivity contribution < 1.29 is 9.90 Å². The molecule has 1 aromatic heterocycles. The molecule has 1 aliphatic heterocycles. The van der Waals surface area contributed by atoms with Crippen LogP contribution >= 0.6 is 11.3 Å². The molecule has 0 bridgehead atoms. The molecule has 2 heterocycles. The molecule has 0 spiro atoms. The molecule has 1 aliphatic rings. The summed E-state index contributed by atoms with van der Waals surface area (Å²) >= 11 is 1.60. The zero-order valence-electron chi connectivity index (χ0n) is 7.36. The molecule has 1 atom stereocenters. The van der Waals surface area contributed by atoms with Crippen LogP contribution in [0.1, 0.15) is 23.5 Å². The molecule has 0 aliphatic carbocycles. The van der Waals surface area contributed by atoms with E-state index in [-0.39, 0.29) is 5.91 Å². The zero-order chi connectivity index (χ0) is 9.42. The van der Waals surface area contributed by atoms with Gasteiger partial charge in [-0.25, -0.2) is 0 Å². The molecule has 4 heteroatoms. The average Bonchev–Trinajstić information content (AvgIpc) is 2.51. The van der Waals surface area contributed by atoms with Crippen LogP contribution in [0, 0.1) is 0 Å². The predicted molar refractivity (Wildman–Crippen MR) is 50.4 cm³/mol. The van der Waals surface area contributed by atoms with Gasteiger partial charge in [-0.05, 0) is 17.0 Å². The molecule has 1 N–H and O–H groups in total. The first-order chi connectivity index (χ1) is 6.18. The highest BCUT2D eigenvalue weighted by atomic mass is 32.1. The first-order valence-corrected chi connectivity index (χ1v) is 5.06. The molecular formula is C9H11NO2S. The summed E-state index contributed by atoms with van der Waals surface area (Å²) in [5.41, 5.74) is 0.988. The van der Waals surface area contributed by atoms with Crippen molar-refractivity contribution in [3.8, 4) is 0 Å². The van der Waals surface area contributed by atoms with Crippen molar-refractivity contribution in [1.29, 1.82) is 0 Å². The summed E-state index contributed by atoms with van der Waals surface area (Å²) in [6, 6.07) is 1.93. The standard InChI is InChI=1S/C9H11NO2S/c1-6(11)10-4-8(12)7-2-3-13-9(7)5-10/h2-3,8,12H,4-5H2,1H3. The number of thiophene rings is 1. The lowest BCUT2D eigenvalue weighted by molar-refractivity contribution is -0.131. The summed E-state index contributed by atoms with van der Waals surface area (Å²) in [5, 5.41) is 11.6. The summed E-state index contributed by atoms with van der Waals surface area (Å²) in [5.74, 6) is 0.0260. The minimum atomic E-state index is -0.501. The van der Waals surface area contributed by atoms with Gasteiger partial charge >= 0.3 is 0 Å². The van der Waals surface area contributed by atoms with Crippen molar-refractivity contribution in [3.05, 3.63) is 21.9 Å². The average molecular weight is 197 g/mol. The molecule has 3 nitrogen and oxygen atoms in total. The Morgan fingerprint density at radius 2 is 2.54 bits per heavy atom.